The third-order valence-corrected chi connectivity index (χ3v) is 4.07. The zero-order valence-corrected chi connectivity index (χ0v) is 10.1. The summed E-state index contributed by atoms with van der Waals surface area (Å²) in [6.45, 7) is -0.329. The highest BCUT2D eigenvalue weighted by Crippen LogP contribution is 2.29. The fourth-order valence-electron chi connectivity index (χ4n) is 1.40. The Bertz CT molecular complexity index is 483. The fourth-order valence-corrected chi connectivity index (χ4v) is 2.45. The number of rotatable bonds is 5. The molecule has 0 unspecified atom stereocenters. The molecule has 0 heterocycles. The Morgan fingerprint density at radius 3 is 2.47 bits per heavy atom. The third-order valence-electron chi connectivity index (χ3n) is 2.30. The molecule has 2 nitrogen and oxygen atoms in total. The zero-order valence-electron chi connectivity index (χ0n) is 9.29. The van der Waals surface area contributed by atoms with E-state index in [0.29, 0.717) is 12.0 Å². The average Bonchev–Trinajstić information content (AvgIpc) is 2.29. The van der Waals surface area contributed by atoms with Gasteiger partial charge in [-0.15, -0.1) is 0 Å². The molecule has 6 heteroatoms. The molecule has 0 atom stereocenters. The van der Waals surface area contributed by atoms with Gasteiger partial charge in [-0.2, -0.15) is 8.78 Å². The predicted octanol–water partition coefficient (Wildman–Crippen LogP) is 2.98. The average molecular weight is 266 g/mol. The summed E-state index contributed by atoms with van der Waals surface area (Å²) in [7, 11) is -4.94. The molecule has 0 saturated heterocycles. The summed E-state index contributed by atoms with van der Waals surface area (Å²) < 4.78 is 60.9. The first kappa shape index (κ1) is 14.0. The molecule has 0 aliphatic heterocycles. The lowest BCUT2D eigenvalue weighted by atomic mass is 10.1. The Hall–Kier alpha value is -1.04. The van der Waals surface area contributed by atoms with Gasteiger partial charge in [0.2, 0.25) is 9.84 Å². The van der Waals surface area contributed by atoms with E-state index in [1.165, 1.54) is 12.1 Å². The Morgan fingerprint density at radius 1 is 1.29 bits per heavy atom. The van der Waals surface area contributed by atoms with Crippen molar-refractivity contribution in [3.8, 4) is 0 Å². The predicted molar refractivity (Wildman–Crippen MR) is 58.5 cm³/mol. The molecule has 0 saturated carbocycles. The van der Waals surface area contributed by atoms with Crippen molar-refractivity contribution in [3.05, 3.63) is 29.8 Å². The molecule has 0 radical (unpaired) electrons. The van der Waals surface area contributed by atoms with Crippen LogP contribution in [0.2, 0.25) is 0 Å². The van der Waals surface area contributed by atoms with Crippen molar-refractivity contribution in [1.29, 1.82) is 0 Å². The first-order valence-corrected chi connectivity index (χ1v) is 6.61. The largest absolute Gasteiger partial charge is 0.377 e. The number of alkyl halides is 3. The van der Waals surface area contributed by atoms with Crippen molar-refractivity contribution >= 4 is 9.84 Å². The molecule has 0 N–H and O–H groups in total. The lowest BCUT2D eigenvalue weighted by Crippen LogP contribution is -2.31. The van der Waals surface area contributed by atoms with Gasteiger partial charge in [0.15, 0.2) is 6.67 Å². The van der Waals surface area contributed by atoms with Gasteiger partial charge in [0.25, 0.3) is 0 Å². The minimum Gasteiger partial charge on any atom is -0.243 e. The molecule has 1 aromatic carbocycles. The van der Waals surface area contributed by atoms with Gasteiger partial charge >= 0.3 is 5.25 Å². The third kappa shape index (κ3) is 2.80. The van der Waals surface area contributed by atoms with Crippen LogP contribution in [0.4, 0.5) is 13.2 Å². The number of aryl methyl sites for hydroxylation is 1. The Labute approximate surface area is 98.4 Å². The first-order valence-electron chi connectivity index (χ1n) is 5.12. The highest BCUT2D eigenvalue weighted by molar-refractivity contribution is 7.92. The van der Waals surface area contributed by atoms with Gasteiger partial charge in [-0.25, -0.2) is 12.8 Å². The summed E-state index contributed by atoms with van der Waals surface area (Å²) in [5.41, 5.74) is 0.642. The van der Waals surface area contributed by atoms with E-state index in [0.717, 1.165) is 12.5 Å². The maximum Gasteiger partial charge on any atom is 0.377 e. The van der Waals surface area contributed by atoms with E-state index >= 15 is 0 Å². The van der Waals surface area contributed by atoms with Gasteiger partial charge in [-0.3, -0.25) is 0 Å². The van der Waals surface area contributed by atoms with E-state index in [-0.39, 0.29) is 0 Å². The number of hydrogen-bond acceptors (Lipinski definition) is 2. The van der Waals surface area contributed by atoms with E-state index in [9.17, 15) is 21.6 Å². The number of halogens is 3. The van der Waals surface area contributed by atoms with Gasteiger partial charge in [-0.1, -0.05) is 25.5 Å². The Morgan fingerprint density at radius 2 is 1.94 bits per heavy atom. The smallest absolute Gasteiger partial charge is 0.243 e. The van der Waals surface area contributed by atoms with Crippen LogP contribution in [0.1, 0.15) is 18.9 Å². The molecule has 0 bridgehead atoms. The quantitative estimate of drug-likeness (QED) is 0.821. The molecule has 1 aromatic rings. The number of sulfone groups is 1. The Kier molecular flexibility index (Phi) is 4.19. The molecule has 96 valence electrons. The molecule has 0 amide bonds. The minimum atomic E-state index is -4.94. The summed E-state index contributed by atoms with van der Waals surface area (Å²) in [6.07, 6.45) is 1.35. The monoisotopic (exact) mass is 266 g/mol. The molecule has 1 rings (SSSR count). The van der Waals surface area contributed by atoms with Crippen molar-refractivity contribution in [3.63, 3.8) is 0 Å². The van der Waals surface area contributed by atoms with Crippen molar-refractivity contribution in [2.45, 2.75) is 29.9 Å². The highest BCUT2D eigenvalue weighted by Gasteiger charge is 2.46. The normalized spacial score (nSPS) is 12.7. The van der Waals surface area contributed by atoms with Crippen LogP contribution in [0.25, 0.3) is 0 Å². The van der Waals surface area contributed by atoms with Crippen LogP contribution in [0.3, 0.4) is 0 Å². The minimum absolute atomic E-state index is 0.536. The lowest BCUT2D eigenvalue weighted by Gasteiger charge is -2.13. The molecule has 0 aliphatic rings. The van der Waals surface area contributed by atoms with Crippen molar-refractivity contribution in [2.24, 2.45) is 0 Å². The van der Waals surface area contributed by atoms with Crippen LogP contribution in [0.5, 0.6) is 0 Å². The molecule has 0 fully saturated rings. The molecule has 0 aromatic heterocycles. The van der Waals surface area contributed by atoms with Crippen molar-refractivity contribution in [2.75, 3.05) is 6.67 Å². The summed E-state index contributed by atoms with van der Waals surface area (Å²) in [5.74, 6) is 0. The molecular formula is C11H13F3O2S. The van der Waals surface area contributed by atoms with E-state index in [1.54, 1.807) is 6.07 Å². The second-order valence-electron chi connectivity index (χ2n) is 3.67. The summed E-state index contributed by atoms with van der Waals surface area (Å²) >= 11 is 0. The number of hydrogen-bond donors (Lipinski definition) is 0. The molecular weight excluding hydrogens is 253 g/mol. The second-order valence-corrected chi connectivity index (χ2v) is 5.75. The van der Waals surface area contributed by atoms with Gasteiger partial charge < -0.3 is 0 Å². The van der Waals surface area contributed by atoms with Crippen LogP contribution in [-0.4, -0.2) is 20.3 Å². The van der Waals surface area contributed by atoms with Crippen LogP contribution in [0, 0.1) is 0 Å². The standard InChI is InChI=1S/C11H13F3O2S/c1-2-4-9-5-3-6-10(7-9)17(15,16)11(13,14)8-12/h3,5-7H,2,4,8H2,1H3. The highest BCUT2D eigenvalue weighted by atomic mass is 32.2. The van der Waals surface area contributed by atoms with Crippen molar-refractivity contribution in [1.82, 2.24) is 0 Å². The number of benzene rings is 1. The molecule has 0 spiro atoms. The lowest BCUT2D eigenvalue weighted by molar-refractivity contribution is 0.0620. The Balaban J connectivity index is 3.20. The summed E-state index contributed by atoms with van der Waals surface area (Å²) in [6, 6.07) is 5.25. The topological polar surface area (TPSA) is 34.1 Å². The van der Waals surface area contributed by atoms with Crippen molar-refractivity contribution < 1.29 is 21.6 Å². The van der Waals surface area contributed by atoms with E-state index < -0.39 is 26.7 Å². The van der Waals surface area contributed by atoms with Gasteiger partial charge in [0.05, 0.1) is 4.90 Å². The summed E-state index contributed by atoms with van der Waals surface area (Å²) in [5, 5.41) is -4.36. The fraction of sp³-hybridized carbons (Fsp3) is 0.455. The molecule has 0 aliphatic carbocycles. The molecule has 17 heavy (non-hydrogen) atoms. The van der Waals surface area contributed by atoms with E-state index in [2.05, 4.69) is 0 Å². The van der Waals surface area contributed by atoms with E-state index in [1.807, 2.05) is 6.92 Å². The maximum absolute atomic E-state index is 13.0. The van der Waals surface area contributed by atoms with Crippen LogP contribution in [-0.2, 0) is 16.3 Å². The zero-order chi connectivity index (χ0) is 13.1. The van der Waals surface area contributed by atoms with Crippen LogP contribution in [0.15, 0.2) is 29.2 Å². The second kappa shape index (κ2) is 5.08. The van der Waals surface area contributed by atoms with E-state index in [4.69, 9.17) is 0 Å². The van der Waals surface area contributed by atoms with Crippen LogP contribution < -0.4 is 0 Å². The maximum atomic E-state index is 13.0. The van der Waals surface area contributed by atoms with Gasteiger partial charge in [-0.05, 0) is 24.1 Å². The SMILES string of the molecule is CCCc1cccc(S(=O)(=O)C(F)(F)CF)c1. The first-order chi connectivity index (χ1) is 7.85. The van der Waals surface area contributed by atoms with Gasteiger partial charge in [0, 0.05) is 0 Å². The van der Waals surface area contributed by atoms with Gasteiger partial charge in [0.1, 0.15) is 0 Å². The summed E-state index contributed by atoms with van der Waals surface area (Å²) in [4.78, 5) is -0.536. The van der Waals surface area contributed by atoms with Crippen LogP contribution >= 0.6 is 0 Å².